The third-order valence-corrected chi connectivity index (χ3v) is 8.50. The number of aryl methyl sites for hydroxylation is 2. The molecule has 0 unspecified atom stereocenters. The molecular weight excluding hydrogens is 540 g/mol. The van der Waals surface area contributed by atoms with Crippen molar-refractivity contribution in [3.05, 3.63) is 51.3 Å². The lowest BCUT2D eigenvalue weighted by atomic mass is 9.91. The van der Waals surface area contributed by atoms with E-state index in [1.54, 1.807) is 18.5 Å². The fraction of sp³-hybridized carbons (Fsp3) is 0.516. The summed E-state index contributed by atoms with van der Waals surface area (Å²) in [5.74, 6) is 5.14. The van der Waals surface area contributed by atoms with Crippen molar-refractivity contribution in [2.75, 3.05) is 6.54 Å². The molecule has 1 fully saturated rings. The van der Waals surface area contributed by atoms with Crippen LogP contribution < -0.4 is 5.32 Å². The molecule has 4 rings (SSSR count). The van der Waals surface area contributed by atoms with Crippen molar-refractivity contribution in [1.29, 1.82) is 0 Å². The number of aliphatic hydroxyl groups excluding tert-OH is 1. The van der Waals surface area contributed by atoms with Crippen LogP contribution in [0.4, 0.5) is 0 Å². The van der Waals surface area contributed by atoms with Gasteiger partial charge in [0.15, 0.2) is 0 Å². The van der Waals surface area contributed by atoms with Gasteiger partial charge in [0.25, 0.3) is 0 Å². The maximum atomic E-state index is 13.8. The molecule has 0 radical (unpaired) electrons. The van der Waals surface area contributed by atoms with E-state index in [1.165, 1.54) is 16.2 Å². The molecule has 218 valence electrons. The number of aliphatic hydroxyl groups is 1. The minimum absolute atomic E-state index is 0.0101. The van der Waals surface area contributed by atoms with Crippen molar-refractivity contribution in [3.8, 4) is 11.8 Å². The molecule has 0 saturated carbocycles. The van der Waals surface area contributed by atoms with Crippen LogP contribution in [0.5, 0.6) is 0 Å². The highest BCUT2D eigenvalue weighted by Gasteiger charge is 2.43. The van der Waals surface area contributed by atoms with Crippen molar-refractivity contribution in [1.82, 2.24) is 20.4 Å². The van der Waals surface area contributed by atoms with Crippen LogP contribution in [0, 0.1) is 37.5 Å². The summed E-state index contributed by atoms with van der Waals surface area (Å²) in [6, 6.07) is 0.243. The van der Waals surface area contributed by atoms with Crippen LogP contribution in [0.1, 0.15) is 74.9 Å². The summed E-state index contributed by atoms with van der Waals surface area (Å²) in [4.78, 5) is 47.2. The third kappa shape index (κ3) is 7.03. The zero-order valence-electron chi connectivity index (χ0n) is 24.4. The predicted molar refractivity (Wildman–Crippen MR) is 157 cm³/mol. The summed E-state index contributed by atoms with van der Waals surface area (Å²) >= 11 is 1.52. The normalized spacial score (nSPS) is 20.2. The summed E-state index contributed by atoms with van der Waals surface area (Å²) in [6.07, 6.45) is 3.57. The van der Waals surface area contributed by atoms with Gasteiger partial charge in [-0.25, -0.2) is 4.98 Å². The highest BCUT2D eigenvalue weighted by molar-refractivity contribution is 7.11. The number of hydrogen-bond acceptors (Lipinski definition) is 8. The second-order valence-electron chi connectivity index (χ2n) is 11.4. The maximum absolute atomic E-state index is 13.8. The summed E-state index contributed by atoms with van der Waals surface area (Å²) in [7, 11) is 0. The number of nitrogens with one attached hydrogen (secondary N) is 1. The van der Waals surface area contributed by atoms with Crippen molar-refractivity contribution < 1.29 is 24.0 Å². The number of carbonyl (C=O) groups excluding carboxylic acids is 3. The van der Waals surface area contributed by atoms with Gasteiger partial charge >= 0.3 is 0 Å². The minimum atomic E-state index is -0.886. The first-order chi connectivity index (χ1) is 19.5. The van der Waals surface area contributed by atoms with E-state index >= 15 is 0 Å². The SMILES string of the molecule is Cc1cc([C@H](C(=O)N2C[C@H](O)C[C@H]2C(=O)N[C@@H](CC(=O)C(C)C)C2=CC=C(c3scnc3C)C#CC2)C(C)C)on1. The topological polar surface area (TPSA) is 126 Å². The maximum Gasteiger partial charge on any atom is 0.243 e. The van der Waals surface area contributed by atoms with Gasteiger partial charge in [-0.3, -0.25) is 14.4 Å². The minimum Gasteiger partial charge on any atom is -0.391 e. The Labute approximate surface area is 245 Å². The number of aromatic nitrogens is 2. The number of β-amino-alcohol motifs (C(OH)–C–C–N with tert-alkyl or cyclic N) is 1. The second kappa shape index (κ2) is 13.0. The van der Waals surface area contributed by atoms with Crippen LogP contribution in [0.2, 0.25) is 0 Å². The van der Waals surface area contributed by atoms with Gasteiger partial charge in [-0.15, -0.1) is 11.3 Å². The summed E-state index contributed by atoms with van der Waals surface area (Å²) in [5, 5.41) is 17.5. The average molecular weight is 579 g/mol. The lowest BCUT2D eigenvalue weighted by molar-refractivity contribution is -0.141. The van der Waals surface area contributed by atoms with Gasteiger partial charge in [0.1, 0.15) is 23.5 Å². The molecule has 2 aromatic heterocycles. The van der Waals surface area contributed by atoms with Crippen molar-refractivity contribution >= 4 is 34.5 Å². The van der Waals surface area contributed by atoms with Gasteiger partial charge in [-0.1, -0.05) is 50.8 Å². The Bertz CT molecular complexity index is 1420. The molecule has 0 aromatic carbocycles. The van der Waals surface area contributed by atoms with Gasteiger partial charge in [-0.05, 0) is 31.4 Å². The largest absolute Gasteiger partial charge is 0.391 e. The molecule has 1 aliphatic carbocycles. The van der Waals surface area contributed by atoms with Crippen LogP contribution in [-0.4, -0.2) is 62.5 Å². The third-order valence-electron chi connectivity index (χ3n) is 7.53. The molecule has 2 N–H and O–H groups in total. The summed E-state index contributed by atoms with van der Waals surface area (Å²) in [6.45, 7) is 11.2. The van der Waals surface area contributed by atoms with Crippen molar-refractivity contribution in [2.45, 2.75) is 84.9 Å². The van der Waals surface area contributed by atoms with Gasteiger partial charge < -0.3 is 19.8 Å². The number of thiazole rings is 1. The molecule has 2 aliphatic rings. The Kier molecular flexibility index (Phi) is 9.61. The molecule has 0 spiro atoms. The monoisotopic (exact) mass is 578 g/mol. The van der Waals surface area contributed by atoms with Gasteiger partial charge in [0.2, 0.25) is 11.8 Å². The molecular formula is C31H38N4O5S. The van der Waals surface area contributed by atoms with E-state index in [0.717, 1.165) is 21.7 Å². The van der Waals surface area contributed by atoms with E-state index in [1.807, 2.05) is 46.8 Å². The number of nitrogens with zero attached hydrogens (tertiary/aromatic N) is 3. The van der Waals surface area contributed by atoms with Crippen LogP contribution >= 0.6 is 11.3 Å². The predicted octanol–water partition coefficient (Wildman–Crippen LogP) is 3.97. The van der Waals surface area contributed by atoms with Gasteiger partial charge in [-0.2, -0.15) is 0 Å². The fourth-order valence-electron chi connectivity index (χ4n) is 5.19. The molecule has 4 atom stereocenters. The number of carbonyl (C=O) groups is 3. The molecule has 1 aliphatic heterocycles. The molecule has 1 saturated heterocycles. The van der Waals surface area contributed by atoms with Gasteiger partial charge in [0.05, 0.1) is 33.9 Å². The molecule has 2 amide bonds. The first-order valence-electron chi connectivity index (χ1n) is 14.0. The fourth-order valence-corrected chi connectivity index (χ4v) is 5.98. The van der Waals surface area contributed by atoms with E-state index in [2.05, 4.69) is 27.3 Å². The van der Waals surface area contributed by atoms with E-state index in [0.29, 0.717) is 17.9 Å². The number of hydrogen-bond donors (Lipinski definition) is 2. The first kappa shape index (κ1) is 30.4. The Morgan fingerprint density at radius 3 is 2.59 bits per heavy atom. The molecule has 10 heteroatoms. The molecule has 3 heterocycles. The highest BCUT2D eigenvalue weighted by Crippen LogP contribution is 2.31. The number of likely N-dealkylation sites (tertiary alicyclic amines) is 1. The van der Waals surface area contributed by atoms with Gasteiger partial charge in [0, 0.05) is 43.4 Å². The van der Waals surface area contributed by atoms with Crippen molar-refractivity contribution in [2.24, 2.45) is 11.8 Å². The quantitative estimate of drug-likeness (QED) is 0.409. The first-order valence-corrected chi connectivity index (χ1v) is 14.9. The Morgan fingerprint density at radius 1 is 1.22 bits per heavy atom. The van der Waals surface area contributed by atoms with E-state index in [4.69, 9.17) is 4.52 Å². The number of allylic oxidation sites excluding steroid dienone is 3. The summed E-state index contributed by atoms with van der Waals surface area (Å²) < 4.78 is 5.43. The smallest absolute Gasteiger partial charge is 0.243 e. The Balaban J connectivity index is 1.59. The molecule has 41 heavy (non-hydrogen) atoms. The number of rotatable bonds is 10. The number of Topliss-reactive ketones (excluding diaryl/α,β-unsaturated/α-hetero) is 1. The molecule has 0 bridgehead atoms. The van der Waals surface area contributed by atoms with Crippen LogP contribution in [0.25, 0.3) is 5.57 Å². The zero-order chi connectivity index (χ0) is 29.8. The molecule has 9 nitrogen and oxygen atoms in total. The Hall–Kier alpha value is -3.55. The lowest BCUT2D eigenvalue weighted by Crippen LogP contribution is -2.51. The lowest BCUT2D eigenvalue weighted by Gasteiger charge is -2.30. The second-order valence-corrected chi connectivity index (χ2v) is 12.3. The van der Waals surface area contributed by atoms with Crippen LogP contribution in [0.3, 0.4) is 0 Å². The highest BCUT2D eigenvalue weighted by atomic mass is 32.1. The number of ketones is 1. The number of amides is 2. The van der Waals surface area contributed by atoms with Crippen LogP contribution in [-0.2, 0) is 14.4 Å². The van der Waals surface area contributed by atoms with Crippen molar-refractivity contribution in [3.63, 3.8) is 0 Å². The Morgan fingerprint density at radius 2 is 1.98 bits per heavy atom. The molecule has 2 aromatic rings. The van der Waals surface area contributed by atoms with E-state index < -0.39 is 30.0 Å². The standard InChI is InChI=1S/C31H38N4O5S/c1-17(2)26(37)14-24(21-8-7-9-22(11-10-21)29-20(6)32-16-41-29)33-30(38)25-13-23(36)15-35(25)31(39)28(18(3)4)27-12-19(5)34-40-27/h10-12,16-18,23-25,28,36H,8,13-15H2,1-6H3,(H,33,38)/t23-,24+,25+,28-/m1/s1. The van der Waals surface area contributed by atoms with Crippen LogP contribution in [0.15, 0.2) is 33.8 Å². The summed E-state index contributed by atoms with van der Waals surface area (Å²) in [5.41, 5.74) is 5.00. The van der Waals surface area contributed by atoms with E-state index in [9.17, 15) is 19.5 Å². The average Bonchev–Trinajstić information content (AvgIpc) is 3.58. The zero-order valence-corrected chi connectivity index (χ0v) is 25.2. The van der Waals surface area contributed by atoms with E-state index in [-0.39, 0.29) is 42.9 Å².